The molecule has 1 unspecified atom stereocenters. The monoisotopic (exact) mass is 397 g/mol. The van der Waals surface area contributed by atoms with Crippen molar-refractivity contribution in [3.63, 3.8) is 0 Å². The molecule has 10 heteroatoms. The van der Waals surface area contributed by atoms with Crippen molar-refractivity contribution >= 4 is 21.4 Å². The molecule has 4 N–H and O–H groups in total. The van der Waals surface area contributed by atoms with Gasteiger partial charge in [0.2, 0.25) is 12.1 Å². The predicted molar refractivity (Wildman–Crippen MR) is 103 cm³/mol. The second kappa shape index (κ2) is 8.89. The summed E-state index contributed by atoms with van der Waals surface area (Å²) in [4.78, 5) is 4.11. The van der Waals surface area contributed by atoms with E-state index in [-0.39, 0.29) is 34.3 Å². The zero-order valence-corrected chi connectivity index (χ0v) is 16.1. The smallest absolute Gasteiger partial charge is 0.261 e. The average molecular weight is 397 g/mol. The summed E-state index contributed by atoms with van der Waals surface area (Å²) in [7, 11) is 0.419. The Morgan fingerprint density at radius 2 is 1.96 bits per heavy atom. The van der Waals surface area contributed by atoms with Crippen LogP contribution in [0.5, 0.6) is 17.2 Å². The van der Waals surface area contributed by atoms with Crippen LogP contribution in [0.4, 0.5) is 5.69 Å². The van der Waals surface area contributed by atoms with Gasteiger partial charge in [-0.3, -0.25) is 10.0 Å². The number of hydrogen-bond donors (Lipinski definition) is 4. The van der Waals surface area contributed by atoms with Gasteiger partial charge in [0, 0.05) is 30.7 Å². The SMILES string of the molecule is CNC(O)N=C1CC=CC(S(=O)(=O)Nc2cc(O)c(OC)c(OC)c2)=CC1. The van der Waals surface area contributed by atoms with Crippen LogP contribution in [0.2, 0.25) is 0 Å². The molecular formula is C17H23N3O6S. The van der Waals surface area contributed by atoms with Crippen molar-refractivity contribution in [2.24, 2.45) is 4.99 Å². The Morgan fingerprint density at radius 3 is 2.59 bits per heavy atom. The molecule has 1 aliphatic carbocycles. The lowest BCUT2D eigenvalue weighted by atomic mass is 10.2. The van der Waals surface area contributed by atoms with Gasteiger partial charge in [0.05, 0.1) is 24.8 Å². The van der Waals surface area contributed by atoms with E-state index in [9.17, 15) is 18.6 Å². The number of phenols is 1. The number of ether oxygens (including phenoxy) is 2. The summed E-state index contributed by atoms with van der Waals surface area (Å²) in [5.74, 6) is 0.0458. The van der Waals surface area contributed by atoms with Crippen LogP contribution < -0.4 is 19.5 Å². The van der Waals surface area contributed by atoms with Gasteiger partial charge in [0.1, 0.15) is 0 Å². The Kier molecular flexibility index (Phi) is 6.83. The summed E-state index contributed by atoms with van der Waals surface area (Å²) in [6.07, 6.45) is 4.30. The molecule has 1 atom stereocenters. The minimum Gasteiger partial charge on any atom is -0.504 e. The lowest BCUT2D eigenvalue weighted by Crippen LogP contribution is -2.23. The Bertz CT molecular complexity index is 877. The maximum Gasteiger partial charge on any atom is 0.261 e. The molecule has 148 valence electrons. The number of methoxy groups -OCH3 is 2. The first kappa shape index (κ1) is 20.7. The molecule has 2 rings (SSSR count). The number of benzene rings is 1. The third-order valence-corrected chi connectivity index (χ3v) is 5.19. The van der Waals surface area contributed by atoms with E-state index in [4.69, 9.17) is 9.47 Å². The van der Waals surface area contributed by atoms with Crippen molar-refractivity contribution in [1.29, 1.82) is 0 Å². The summed E-state index contributed by atoms with van der Waals surface area (Å²) in [5, 5.41) is 22.1. The Balaban J connectivity index is 2.27. The van der Waals surface area contributed by atoms with E-state index in [1.165, 1.54) is 38.5 Å². The van der Waals surface area contributed by atoms with Crippen LogP contribution in [0, 0.1) is 0 Å². The summed E-state index contributed by atoms with van der Waals surface area (Å²) in [6.45, 7) is 0. The normalized spacial score (nSPS) is 17.2. The number of anilines is 1. The summed E-state index contributed by atoms with van der Waals surface area (Å²) in [5.41, 5.74) is 0.769. The Labute approximate surface area is 158 Å². The number of nitrogens with zero attached hydrogens (tertiary/aromatic N) is 1. The van der Waals surface area contributed by atoms with Gasteiger partial charge >= 0.3 is 0 Å². The zero-order valence-electron chi connectivity index (χ0n) is 15.3. The van der Waals surface area contributed by atoms with Crippen LogP contribution in [0.15, 0.2) is 40.3 Å². The molecule has 9 nitrogen and oxygen atoms in total. The summed E-state index contributed by atoms with van der Waals surface area (Å²) in [6, 6.07) is 2.64. The van der Waals surface area contributed by atoms with Gasteiger partial charge in [-0.15, -0.1) is 0 Å². The van der Waals surface area contributed by atoms with E-state index < -0.39 is 16.4 Å². The number of phenolic OH excluding ortho intramolecular Hbond substituents is 1. The third kappa shape index (κ3) is 5.22. The molecule has 0 radical (unpaired) electrons. The van der Waals surface area contributed by atoms with Crippen molar-refractivity contribution < 1.29 is 28.1 Å². The van der Waals surface area contributed by atoms with E-state index in [2.05, 4.69) is 15.0 Å². The fourth-order valence-corrected chi connectivity index (χ4v) is 3.56. The zero-order chi connectivity index (χ0) is 20.0. The quantitative estimate of drug-likeness (QED) is 0.511. The van der Waals surface area contributed by atoms with E-state index in [0.29, 0.717) is 12.1 Å². The van der Waals surface area contributed by atoms with Gasteiger partial charge in [-0.25, -0.2) is 13.4 Å². The molecular weight excluding hydrogens is 374 g/mol. The van der Waals surface area contributed by atoms with Crippen molar-refractivity contribution in [1.82, 2.24) is 5.32 Å². The molecule has 0 fully saturated rings. The Hall–Kier alpha value is -2.56. The highest BCUT2D eigenvalue weighted by Crippen LogP contribution is 2.39. The molecule has 0 saturated carbocycles. The Morgan fingerprint density at radius 1 is 1.22 bits per heavy atom. The van der Waals surface area contributed by atoms with E-state index >= 15 is 0 Å². The van der Waals surface area contributed by atoms with Crippen LogP contribution >= 0.6 is 0 Å². The molecule has 1 aliphatic rings. The van der Waals surface area contributed by atoms with Gasteiger partial charge < -0.3 is 19.7 Å². The topological polar surface area (TPSA) is 129 Å². The first-order chi connectivity index (χ1) is 12.8. The average Bonchev–Trinajstić information content (AvgIpc) is 2.86. The number of aliphatic hydroxyl groups excluding tert-OH is 1. The molecule has 27 heavy (non-hydrogen) atoms. The van der Waals surface area contributed by atoms with Crippen molar-refractivity contribution in [2.75, 3.05) is 26.0 Å². The van der Waals surface area contributed by atoms with Crippen LogP contribution in [0.3, 0.4) is 0 Å². The molecule has 0 spiro atoms. The van der Waals surface area contributed by atoms with Gasteiger partial charge in [0.25, 0.3) is 10.0 Å². The molecule has 0 bridgehead atoms. The third-order valence-electron chi connectivity index (χ3n) is 3.76. The number of aliphatic imine (C=N–C) groups is 1. The predicted octanol–water partition coefficient (Wildman–Crippen LogP) is 1.32. The van der Waals surface area contributed by atoms with Crippen molar-refractivity contribution in [3.05, 3.63) is 35.3 Å². The van der Waals surface area contributed by atoms with Crippen LogP contribution in [-0.4, -0.2) is 52.0 Å². The molecule has 1 aromatic carbocycles. The second-order valence-corrected chi connectivity index (χ2v) is 7.29. The van der Waals surface area contributed by atoms with Gasteiger partial charge in [-0.2, -0.15) is 0 Å². The van der Waals surface area contributed by atoms with Gasteiger partial charge in [-0.1, -0.05) is 12.2 Å². The lowest BCUT2D eigenvalue weighted by molar-refractivity contribution is 0.156. The molecule has 0 heterocycles. The summed E-state index contributed by atoms with van der Waals surface area (Å²) >= 11 is 0. The molecule has 0 saturated heterocycles. The van der Waals surface area contributed by atoms with Gasteiger partial charge in [0.15, 0.2) is 11.5 Å². The fourth-order valence-electron chi connectivity index (χ4n) is 2.44. The number of hydrogen-bond acceptors (Lipinski definition) is 8. The van der Waals surface area contributed by atoms with Crippen LogP contribution in [0.1, 0.15) is 12.8 Å². The minimum absolute atomic E-state index is 0.0564. The van der Waals surface area contributed by atoms with Crippen LogP contribution in [0.25, 0.3) is 0 Å². The number of nitrogens with one attached hydrogen (secondary N) is 2. The minimum atomic E-state index is -3.89. The molecule has 1 aromatic rings. The fraction of sp³-hybridized carbons (Fsp3) is 0.353. The standard InChI is InChI=1S/C17H23N3O6S/c1-18-17(22)19-11-5-4-6-13(8-7-11)27(23,24)20-12-9-14(21)16(26-3)15(10-12)25-2/h4,6,8-10,17-18,20-22H,5,7H2,1-3H3. The number of allylic oxidation sites excluding steroid dienone is 3. The van der Waals surface area contributed by atoms with E-state index in [0.717, 1.165) is 0 Å². The molecule has 0 aromatic heterocycles. The highest BCUT2D eigenvalue weighted by atomic mass is 32.2. The van der Waals surface area contributed by atoms with E-state index in [1.54, 1.807) is 13.1 Å². The number of aliphatic hydroxyl groups is 1. The maximum absolute atomic E-state index is 12.7. The number of rotatable bonds is 7. The second-order valence-electron chi connectivity index (χ2n) is 5.61. The maximum atomic E-state index is 12.7. The number of sulfonamides is 1. The van der Waals surface area contributed by atoms with Crippen molar-refractivity contribution in [3.8, 4) is 17.2 Å². The molecule has 0 aliphatic heterocycles. The molecule has 0 amide bonds. The highest BCUT2D eigenvalue weighted by molar-refractivity contribution is 7.96. The first-order valence-electron chi connectivity index (χ1n) is 8.06. The highest BCUT2D eigenvalue weighted by Gasteiger charge is 2.20. The van der Waals surface area contributed by atoms with E-state index in [1.807, 2.05) is 0 Å². The van der Waals surface area contributed by atoms with Gasteiger partial charge in [-0.05, 0) is 13.1 Å². The first-order valence-corrected chi connectivity index (χ1v) is 9.54. The number of aromatic hydroxyl groups is 1. The van der Waals surface area contributed by atoms with Crippen molar-refractivity contribution in [2.45, 2.75) is 19.2 Å². The summed E-state index contributed by atoms with van der Waals surface area (Å²) < 4.78 is 37.9. The largest absolute Gasteiger partial charge is 0.504 e. The van der Waals surface area contributed by atoms with Crippen LogP contribution in [-0.2, 0) is 10.0 Å². The lowest BCUT2D eigenvalue weighted by Gasteiger charge is -2.13.